The van der Waals surface area contributed by atoms with Crippen molar-refractivity contribution in [2.24, 2.45) is 0 Å². The largest absolute Gasteiger partial charge is 0.508 e. The van der Waals surface area contributed by atoms with E-state index in [0.717, 1.165) is 18.4 Å². The van der Waals surface area contributed by atoms with Crippen LogP contribution in [0.1, 0.15) is 155 Å². The number of aromatic hydroxyl groups is 1. The Morgan fingerprint density at radius 2 is 1.03 bits per heavy atom. The Morgan fingerprint density at radius 3 is 1.41 bits per heavy atom. The summed E-state index contributed by atoms with van der Waals surface area (Å²) in [6.07, 6.45) is 24.1. The highest BCUT2D eigenvalue weighted by Crippen LogP contribution is 2.20. The molecule has 0 aliphatic rings. The van der Waals surface area contributed by atoms with Crippen molar-refractivity contribution in [3.05, 3.63) is 29.8 Å². The van der Waals surface area contributed by atoms with Crippen molar-refractivity contribution in [2.45, 2.75) is 149 Å². The molecule has 0 spiro atoms. The fourth-order valence-electron chi connectivity index (χ4n) is 3.85. The molecule has 1 N–H and O–H groups in total. The summed E-state index contributed by atoms with van der Waals surface area (Å²) in [5.41, 5.74) is 0.879. The molecule has 0 radical (unpaired) electrons. The summed E-state index contributed by atoms with van der Waals surface area (Å²) in [6, 6.07) is 6.76. The van der Waals surface area contributed by atoms with E-state index in [0.29, 0.717) is 6.61 Å². The van der Waals surface area contributed by atoms with Gasteiger partial charge in [-0.15, -0.1) is 0 Å². The molecule has 198 valence electrons. The zero-order valence-corrected chi connectivity index (χ0v) is 23.1. The van der Waals surface area contributed by atoms with E-state index in [4.69, 9.17) is 4.74 Å². The Bertz CT molecular complexity index is 550. The second-order valence-electron chi connectivity index (χ2n) is 9.78. The van der Waals surface area contributed by atoms with Gasteiger partial charge in [0.1, 0.15) is 5.75 Å². The van der Waals surface area contributed by atoms with Crippen LogP contribution < -0.4 is 0 Å². The third-order valence-electron chi connectivity index (χ3n) is 6.49. The van der Waals surface area contributed by atoms with Gasteiger partial charge in [0, 0.05) is 0 Å². The molecule has 0 bridgehead atoms. The molecule has 1 aromatic carbocycles. The summed E-state index contributed by atoms with van der Waals surface area (Å²) < 4.78 is 5.41. The number of carbonyl (C=O) groups excluding carboxylic acids is 1. The minimum Gasteiger partial charge on any atom is -0.508 e. The highest BCUT2D eigenvalue weighted by Gasteiger charge is 2.16. The second-order valence-corrected chi connectivity index (χ2v) is 9.78. The highest BCUT2D eigenvalue weighted by atomic mass is 16.5. The van der Waals surface area contributed by atoms with Crippen LogP contribution >= 0.6 is 0 Å². The van der Waals surface area contributed by atoms with E-state index in [1.54, 1.807) is 24.3 Å². The van der Waals surface area contributed by atoms with Crippen LogP contribution in [0.5, 0.6) is 5.75 Å². The number of hydrogen-bond acceptors (Lipinski definition) is 3. The van der Waals surface area contributed by atoms with Crippen molar-refractivity contribution in [3.63, 3.8) is 0 Å². The van der Waals surface area contributed by atoms with Gasteiger partial charge in [-0.05, 0) is 31.0 Å². The molecule has 3 nitrogen and oxygen atoms in total. The monoisotopic (exact) mass is 476 g/mol. The first-order valence-electron chi connectivity index (χ1n) is 14.5. The van der Waals surface area contributed by atoms with Crippen molar-refractivity contribution in [3.8, 4) is 5.75 Å². The first-order chi connectivity index (χ1) is 16.6. The van der Waals surface area contributed by atoms with Crippen LogP contribution in [-0.2, 0) is 9.53 Å². The van der Waals surface area contributed by atoms with Crippen molar-refractivity contribution in [1.82, 2.24) is 0 Å². The number of esters is 1. The second kappa shape index (κ2) is 24.6. The summed E-state index contributed by atoms with van der Waals surface area (Å²) in [5, 5.41) is 9.33. The molecule has 0 aromatic heterocycles. The third kappa shape index (κ3) is 19.9. The summed E-state index contributed by atoms with van der Waals surface area (Å²) in [4.78, 5) is 12.1. The van der Waals surface area contributed by atoms with E-state index >= 15 is 0 Å². The van der Waals surface area contributed by atoms with Crippen LogP contribution in [0.2, 0.25) is 0 Å². The summed E-state index contributed by atoms with van der Waals surface area (Å²) in [5.74, 6) is -0.249. The number of ether oxygens (including phenoxy) is 1. The molecule has 1 atom stereocenters. The lowest BCUT2D eigenvalue weighted by Gasteiger charge is -2.12. The molecule has 3 heteroatoms. The molecular formula is C31H56O3. The lowest BCUT2D eigenvalue weighted by molar-refractivity contribution is -0.145. The predicted molar refractivity (Wildman–Crippen MR) is 148 cm³/mol. The van der Waals surface area contributed by atoms with Gasteiger partial charge >= 0.3 is 5.97 Å². The molecule has 1 unspecified atom stereocenters. The molecule has 0 amide bonds. The molecule has 1 rings (SSSR count). The van der Waals surface area contributed by atoms with Crippen LogP contribution in [-0.4, -0.2) is 17.7 Å². The van der Waals surface area contributed by atoms with Crippen LogP contribution in [0.3, 0.4) is 0 Å². The number of phenolic OH excluding ortho intramolecular Hbond substituents is 1. The Kier molecular flexibility index (Phi) is 23.5. The van der Waals surface area contributed by atoms with Crippen molar-refractivity contribution in [1.29, 1.82) is 0 Å². The van der Waals surface area contributed by atoms with Gasteiger partial charge in [0.2, 0.25) is 0 Å². The zero-order valence-electron chi connectivity index (χ0n) is 23.1. The van der Waals surface area contributed by atoms with E-state index in [1.807, 2.05) is 6.92 Å². The predicted octanol–water partition coefficient (Wildman–Crippen LogP) is 10.1. The van der Waals surface area contributed by atoms with Crippen molar-refractivity contribution in [2.75, 3.05) is 6.61 Å². The van der Waals surface area contributed by atoms with Crippen LogP contribution in [0.15, 0.2) is 24.3 Å². The Balaban J connectivity index is 0.00000251. The zero-order chi connectivity index (χ0) is 25.3. The van der Waals surface area contributed by atoms with Crippen molar-refractivity contribution >= 4 is 5.97 Å². The van der Waals surface area contributed by atoms with Gasteiger partial charge in [0.05, 0.1) is 12.5 Å². The minimum atomic E-state index is -0.286. The summed E-state index contributed by atoms with van der Waals surface area (Å²) in [6.45, 7) is 9.00. The lowest BCUT2D eigenvalue weighted by atomic mass is 10.0. The minimum absolute atomic E-state index is 0.179. The molecule has 0 saturated heterocycles. The Labute approximate surface area is 212 Å². The Hall–Kier alpha value is -1.51. The number of benzene rings is 1. The van der Waals surface area contributed by atoms with Crippen LogP contribution in [0.4, 0.5) is 0 Å². The maximum absolute atomic E-state index is 12.1. The van der Waals surface area contributed by atoms with Gasteiger partial charge < -0.3 is 9.84 Å². The van der Waals surface area contributed by atoms with Gasteiger partial charge in [-0.2, -0.15) is 0 Å². The van der Waals surface area contributed by atoms with Gasteiger partial charge in [0.15, 0.2) is 0 Å². The van der Waals surface area contributed by atoms with E-state index in [2.05, 4.69) is 20.8 Å². The van der Waals surface area contributed by atoms with E-state index < -0.39 is 0 Å². The fraction of sp³-hybridized carbons (Fsp3) is 0.774. The quantitative estimate of drug-likeness (QED) is 0.150. The molecule has 0 fully saturated rings. The fourth-order valence-corrected chi connectivity index (χ4v) is 3.85. The van der Waals surface area contributed by atoms with Gasteiger partial charge in [-0.1, -0.05) is 142 Å². The lowest BCUT2D eigenvalue weighted by Crippen LogP contribution is -2.13. The Morgan fingerprint density at radius 1 is 0.647 bits per heavy atom. The average molecular weight is 477 g/mol. The molecule has 0 heterocycles. The molecular weight excluding hydrogens is 420 g/mol. The van der Waals surface area contributed by atoms with Gasteiger partial charge in [0.25, 0.3) is 0 Å². The maximum atomic E-state index is 12.1. The number of phenols is 1. The first kappa shape index (κ1) is 32.5. The number of unbranched alkanes of at least 4 members (excludes halogenated alkanes) is 16. The molecule has 34 heavy (non-hydrogen) atoms. The normalized spacial score (nSPS) is 11.5. The van der Waals surface area contributed by atoms with Gasteiger partial charge in [-0.3, -0.25) is 4.79 Å². The summed E-state index contributed by atoms with van der Waals surface area (Å²) in [7, 11) is 0. The smallest absolute Gasteiger partial charge is 0.313 e. The highest BCUT2D eigenvalue weighted by molar-refractivity contribution is 5.77. The van der Waals surface area contributed by atoms with E-state index in [9.17, 15) is 9.90 Å². The van der Waals surface area contributed by atoms with Crippen LogP contribution in [0.25, 0.3) is 0 Å². The molecule has 1 aromatic rings. The van der Waals surface area contributed by atoms with Gasteiger partial charge in [-0.25, -0.2) is 0 Å². The third-order valence-corrected chi connectivity index (χ3v) is 6.49. The molecule has 0 aliphatic heterocycles. The topological polar surface area (TPSA) is 46.5 Å². The van der Waals surface area contributed by atoms with E-state index in [-0.39, 0.29) is 17.6 Å². The van der Waals surface area contributed by atoms with E-state index in [1.165, 1.54) is 103 Å². The van der Waals surface area contributed by atoms with Crippen molar-refractivity contribution < 1.29 is 14.6 Å². The SMILES string of the molecule is CCCC.CCCCCCCCCCCCCCCCCCOC(=O)C(C)c1ccc(O)cc1. The molecule has 0 aliphatic carbocycles. The molecule has 0 saturated carbocycles. The van der Waals surface area contributed by atoms with Crippen LogP contribution in [0, 0.1) is 0 Å². The number of hydrogen-bond donors (Lipinski definition) is 1. The standard InChI is InChI=1S/C27H46O3.C4H10/c1-3-4-5-6-7-8-9-10-11-12-13-14-15-16-17-18-23-30-27(29)24(2)25-19-21-26(28)22-20-25;1-3-4-2/h19-22,24,28H,3-18,23H2,1-2H3;3-4H2,1-2H3. The first-order valence-corrected chi connectivity index (χ1v) is 14.5. The number of carbonyl (C=O) groups is 1. The average Bonchev–Trinajstić information content (AvgIpc) is 2.86. The summed E-state index contributed by atoms with van der Waals surface area (Å²) >= 11 is 0. The number of rotatable bonds is 20. The maximum Gasteiger partial charge on any atom is 0.313 e.